The molecule has 0 aromatic heterocycles. The molecule has 0 aromatic rings. The summed E-state index contributed by atoms with van der Waals surface area (Å²) in [7, 11) is -3.80. The van der Waals surface area contributed by atoms with Crippen LogP contribution in [0.15, 0.2) is 0 Å². The first-order valence-corrected chi connectivity index (χ1v) is 4.79. The number of hydrogen-bond donors (Lipinski definition) is 4. The van der Waals surface area contributed by atoms with E-state index in [1.807, 2.05) is 0 Å². The molecule has 0 amide bonds. The second-order valence-corrected chi connectivity index (χ2v) is 3.73. The van der Waals surface area contributed by atoms with Crippen molar-refractivity contribution < 1.29 is 19.7 Å². The zero-order valence-corrected chi connectivity index (χ0v) is 6.94. The molecule has 68 valence electrons. The van der Waals surface area contributed by atoms with Crippen LogP contribution in [0.25, 0.3) is 0 Å². The first-order chi connectivity index (χ1) is 5.02. The molecule has 0 saturated carbocycles. The Morgan fingerprint density at radius 1 is 1.27 bits per heavy atom. The Bertz CT molecular complexity index is 141. The van der Waals surface area contributed by atoms with Crippen LogP contribution in [0.4, 0.5) is 0 Å². The van der Waals surface area contributed by atoms with E-state index in [1.165, 1.54) is 0 Å². The fourth-order valence-corrected chi connectivity index (χ4v) is 1.38. The summed E-state index contributed by atoms with van der Waals surface area (Å²) in [6, 6.07) is 0. The predicted molar refractivity (Wildman–Crippen MR) is 39.8 cm³/mol. The third-order valence-corrected chi connectivity index (χ3v) is 2.33. The van der Waals surface area contributed by atoms with Gasteiger partial charge in [-0.3, -0.25) is 4.57 Å². The van der Waals surface area contributed by atoms with Crippen molar-refractivity contribution >= 4 is 7.67 Å². The average Bonchev–Trinajstić information content (AvgIpc) is 1.85. The van der Waals surface area contributed by atoms with E-state index in [2.05, 4.69) is 0 Å². The van der Waals surface area contributed by atoms with Crippen molar-refractivity contribution in [3.8, 4) is 0 Å². The summed E-state index contributed by atoms with van der Waals surface area (Å²) in [6.07, 6.45) is 0. The van der Waals surface area contributed by atoms with Gasteiger partial charge in [-0.2, -0.15) is 0 Å². The maximum Gasteiger partial charge on any atom is 0.338 e. The molecule has 5 N–H and O–H groups in total. The van der Waals surface area contributed by atoms with Gasteiger partial charge in [-0.25, -0.2) is 10.2 Å². The van der Waals surface area contributed by atoms with Crippen LogP contribution in [0.3, 0.4) is 0 Å². The van der Waals surface area contributed by atoms with E-state index in [0.29, 0.717) is 0 Å². The van der Waals surface area contributed by atoms with Crippen molar-refractivity contribution in [1.29, 1.82) is 0 Å². The zero-order valence-electron chi connectivity index (χ0n) is 6.05. The van der Waals surface area contributed by atoms with Crippen molar-refractivity contribution in [1.82, 2.24) is 4.67 Å². The summed E-state index contributed by atoms with van der Waals surface area (Å²) in [4.78, 5) is 8.78. The first-order valence-electron chi connectivity index (χ1n) is 3.11. The van der Waals surface area contributed by atoms with Crippen LogP contribution in [0.1, 0.15) is 0 Å². The Hall–Kier alpha value is 0.0300. The lowest BCUT2D eigenvalue weighted by molar-refractivity contribution is 0.205. The lowest BCUT2D eigenvalue weighted by Crippen LogP contribution is -2.29. The molecule has 0 rings (SSSR count). The third-order valence-electron chi connectivity index (χ3n) is 1.12. The molecule has 0 aromatic carbocycles. The quantitative estimate of drug-likeness (QED) is 0.381. The molecule has 6 nitrogen and oxygen atoms in total. The number of rotatable bonds is 5. The summed E-state index contributed by atoms with van der Waals surface area (Å²) in [5.74, 6) is 0. The van der Waals surface area contributed by atoms with E-state index >= 15 is 0 Å². The van der Waals surface area contributed by atoms with Gasteiger partial charge in [0.05, 0.1) is 13.2 Å². The predicted octanol–water partition coefficient (Wildman–Crippen LogP) is -1.67. The monoisotopic (exact) mass is 184 g/mol. The Morgan fingerprint density at radius 2 is 1.64 bits per heavy atom. The second kappa shape index (κ2) is 4.82. The molecule has 11 heavy (non-hydrogen) atoms. The third kappa shape index (κ3) is 4.47. The normalized spacial score (nSPS) is 16.8. The summed E-state index contributed by atoms with van der Waals surface area (Å²) >= 11 is 0. The smallest absolute Gasteiger partial charge is 0.338 e. The van der Waals surface area contributed by atoms with Crippen LogP contribution >= 0.6 is 7.67 Å². The highest BCUT2D eigenvalue weighted by molar-refractivity contribution is 7.52. The Morgan fingerprint density at radius 3 is 1.82 bits per heavy atom. The highest BCUT2D eigenvalue weighted by atomic mass is 31.2. The lowest BCUT2D eigenvalue weighted by Gasteiger charge is -2.21. The standard InChI is InChI=1S/C4H13N2O4P/c5-11(9,10)6(1-3-7)2-4-8/h7-8H,1-4H2,(H3,5,9,10). The van der Waals surface area contributed by atoms with Crippen LogP contribution in [0, 0.1) is 0 Å². The van der Waals surface area contributed by atoms with Crippen molar-refractivity contribution in [2.75, 3.05) is 26.3 Å². The van der Waals surface area contributed by atoms with Crippen LogP contribution in [0.5, 0.6) is 0 Å². The molecule has 0 fully saturated rings. The molecule has 0 spiro atoms. The van der Waals surface area contributed by atoms with Gasteiger partial charge in [-0.05, 0) is 0 Å². The topological polar surface area (TPSA) is 107 Å². The summed E-state index contributed by atoms with van der Waals surface area (Å²) < 4.78 is 11.7. The first kappa shape index (κ1) is 11.0. The van der Waals surface area contributed by atoms with Gasteiger partial charge in [0.1, 0.15) is 0 Å². The molecule has 1 atom stereocenters. The van der Waals surface area contributed by atoms with Crippen molar-refractivity contribution in [2.45, 2.75) is 0 Å². The van der Waals surface area contributed by atoms with Gasteiger partial charge in [0.2, 0.25) is 0 Å². The van der Waals surface area contributed by atoms with Crippen LogP contribution in [-0.4, -0.2) is 46.1 Å². The van der Waals surface area contributed by atoms with Crippen molar-refractivity contribution in [3.05, 3.63) is 0 Å². The SMILES string of the molecule is NP(=O)(O)N(CCO)CCO. The van der Waals surface area contributed by atoms with Crippen LogP contribution in [0.2, 0.25) is 0 Å². The van der Waals surface area contributed by atoms with Gasteiger partial charge in [-0.15, -0.1) is 0 Å². The number of aliphatic hydroxyl groups is 2. The zero-order chi connectivity index (χ0) is 8.91. The molecule has 0 radical (unpaired) electrons. The minimum absolute atomic E-state index is 0.00909. The lowest BCUT2D eigenvalue weighted by atomic mass is 10.6. The van der Waals surface area contributed by atoms with E-state index in [-0.39, 0.29) is 26.3 Å². The van der Waals surface area contributed by atoms with Crippen molar-refractivity contribution in [2.24, 2.45) is 5.50 Å². The Labute approximate surface area is 64.8 Å². The fourth-order valence-electron chi connectivity index (χ4n) is 0.629. The molecule has 0 aliphatic rings. The van der Waals surface area contributed by atoms with E-state index in [1.54, 1.807) is 0 Å². The van der Waals surface area contributed by atoms with Gasteiger partial charge >= 0.3 is 7.67 Å². The number of hydrogen-bond acceptors (Lipinski definition) is 3. The largest absolute Gasteiger partial charge is 0.395 e. The minimum Gasteiger partial charge on any atom is -0.395 e. The molecule has 0 bridgehead atoms. The highest BCUT2D eigenvalue weighted by Gasteiger charge is 2.21. The molecule has 0 aliphatic heterocycles. The summed E-state index contributed by atoms with van der Waals surface area (Å²) in [6.45, 7) is -0.542. The Balaban J connectivity index is 3.99. The van der Waals surface area contributed by atoms with E-state index in [9.17, 15) is 4.57 Å². The Kier molecular flexibility index (Phi) is 4.83. The molecule has 0 saturated heterocycles. The van der Waals surface area contributed by atoms with E-state index < -0.39 is 7.67 Å². The highest BCUT2D eigenvalue weighted by Crippen LogP contribution is 2.34. The maximum absolute atomic E-state index is 10.7. The van der Waals surface area contributed by atoms with Gasteiger partial charge in [-0.1, -0.05) is 0 Å². The maximum atomic E-state index is 10.7. The van der Waals surface area contributed by atoms with E-state index in [0.717, 1.165) is 4.67 Å². The summed E-state index contributed by atoms with van der Waals surface area (Å²) in [5, 5.41) is 16.8. The minimum atomic E-state index is -3.80. The molecule has 1 unspecified atom stereocenters. The average molecular weight is 184 g/mol. The fraction of sp³-hybridized carbons (Fsp3) is 1.00. The number of nitrogens with two attached hydrogens (primary N) is 1. The van der Waals surface area contributed by atoms with Gasteiger partial charge < -0.3 is 15.1 Å². The van der Waals surface area contributed by atoms with Crippen LogP contribution < -0.4 is 5.50 Å². The molecular weight excluding hydrogens is 171 g/mol. The second-order valence-electron chi connectivity index (χ2n) is 1.99. The number of nitrogens with zero attached hydrogens (tertiary/aromatic N) is 1. The number of aliphatic hydroxyl groups excluding tert-OH is 2. The van der Waals surface area contributed by atoms with Crippen molar-refractivity contribution in [3.63, 3.8) is 0 Å². The molecular formula is C4H13N2O4P. The van der Waals surface area contributed by atoms with Crippen LogP contribution in [-0.2, 0) is 4.57 Å². The van der Waals surface area contributed by atoms with Gasteiger partial charge in [0, 0.05) is 13.1 Å². The molecule has 0 aliphatic carbocycles. The molecule has 7 heteroatoms. The van der Waals surface area contributed by atoms with Gasteiger partial charge in [0.25, 0.3) is 0 Å². The van der Waals surface area contributed by atoms with E-state index in [4.69, 9.17) is 20.6 Å². The van der Waals surface area contributed by atoms with Gasteiger partial charge in [0.15, 0.2) is 0 Å². The molecule has 0 heterocycles. The summed E-state index contributed by atoms with van der Waals surface area (Å²) in [5.41, 5.74) is 4.87.